The number of rotatable bonds is 5. The minimum atomic E-state index is -2.21. The van der Waals surface area contributed by atoms with E-state index in [9.17, 15) is 14.7 Å². The molecule has 0 bridgehead atoms. The molecular formula is C31H33ClF2N2O4S. The summed E-state index contributed by atoms with van der Waals surface area (Å²) in [5.41, 5.74) is -4.98. The van der Waals surface area contributed by atoms with Gasteiger partial charge >= 0.3 is 0 Å². The molecule has 0 aromatic heterocycles. The number of hydrogen-bond acceptors (Lipinski definition) is 7. The maximum Gasteiger partial charge on any atom is 0.223 e. The molecular weight excluding hydrogens is 570 g/mol. The zero-order valence-electron chi connectivity index (χ0n) is 23.0. The lowest BCUT2D eigenvalue weighted by Crippen LogP contribution is -2.69. The number of aliphatic hydroxyl groups excluding tert-OH is 1. The van der Waals surface area contributed by atoms with Crippen LogP contribution in [-0.4, -0.2) is 50.7 Å². The van der Waals surface area contributed by atoms with E-state index in [1.165, 1.54) is 12.2 Å². The number of hydrogen-bond donors (Lipinski definition) is 1. The van der Waals surface area contributed by atoms with Crippen LogP contribution in [0.5, 0.6) is 0 Å². The van der Waals surface area contributed by atoms with Gasteiger partial charge in [0.15, 0.2) is 17.1 Å². The minimum absolute atomic E-state index is 0.0488. The third-order valence-electron chi connectivity index (χ3n) is 10.7. The van der Waals surface area contributed by atoms with E-state index in [0.717, 1.165) is 17.3 Å². The average molecular weight is 603 g/mol. The first-order chi connectivity index (χ1) is 19.4. The molecule has 6 nitrogen and oxygen atoms in total. The quantitative estimate of drug-likeness (QED) is 0.420. The largest absolute Gasteiger partial charge is 0.390 e. The first kappa shape index (κ1) is 29.0. The number of carbonyl (C=O) groups is 2. The minimum Gasteiger partial charge on any atom is -0.390 e. The summed E-state index contributed by atoms with van der Waals surface area (Å²) in [6.07, 6.45) is 1.37. The van der Waals surface area contributed by atoms with E-state index in [2.05, 4.69) is 6.07 Å². The summed E-state index contributed by atoms with van der Waals surface area (Å²) < 4.78 is 33.4. The van der Waals surface area contributed by atoms with E-state index in [1.807, 2.05) is 19.1 Å². The fraction of sp³-hybridized carbons (Fsp3) is 0.581. The Morgan fingerprint density at radius 2 is 2.02 bits per heavy atom. The van der Waals surface area contributed by atoms with Crippen LogP contribution in [0.25, 0.3) is 0 Å². The van der Waals surface area contributed by atoms with Crippen molar-refractivity contribution in [2.45, 2.75) is 69.9 Å². The summed E-state index contributed by atoms with van der Waals surface area (Å²) in [4.78, 5) is 33.0. The Balaban J connectivity index is 1.40. The van der Waals surface area contributed by atoms with Crippen molar-refractivity contribution in [3.8, 4) is 6.07 Å². The van der Waals surface area contributed by atoms with Crippen LogP contribution in [0.1, 0.15) is 51.5 Å². The highest BCUT2D eigenvalue weighted by Gasteiger charge is 2.79. The van der Waals surface area contributed by atoms with Crippen molar-refractivity contribution in [1.82, 2.24) is 5.06 Å². The number of thioether (sulfide) groups is 1. The fourth-order valence-corrected chi connectivity index (χ4v) is 9.98. The van der Waals surface area contributed by atoms with Crippen LogP contribution in [0.4, 0.5) is 8.78 Å². The van der Waals surface area contributed by atoms with Crippen molar-refractivity contribution in [1.29, 1.82) is 5.26 Å². The van der Waals surface area contributed by atoms with Crippen molar-refractivity contribution >= 4 is 34.3 Å². The topological polar surface area (TPSA) is 90.6 Å². The Kier molecular flexibility index (Phi) is 7.07. The van der Waals surface area contributed by atoms with Gasteiger partial charge in [0.05, 0.1) is 12.2 Å². The van der Waals surface area contributed by atoms with Crippen LogP contribution in [0.3, 0.4) is 0 Å². The van der Waals surface area contributed by atoms with E-state index >= 15 is 8.78 Å². The average Bonchev–Trinajstić information content (AvgIpc) is 3.40. The standard InChI is InChI=1S/C31H33ClF2N2O4S/c1-28-9-8-21(37)13-24(28)25(33)14-23-22-12-19-17-36(16-18-4-6-20(32)7-5-18)40-31(19,27(39)41-11-3-10-35)29(22,2)15-26(38)30(23,28)34/h4-9,19,22-23,26,38H,3,11-17H2,1-2H3/t19-,22-,23-,26-,28-,29-,30-,31-/m0/s1. The molecule has 0 unspecified atom stereocenters. The predicted octanol–water partition coefficient (Wildman–Crippen LogP) is 5.89. The SMILES string of the molecule is C[C@]12C=CC(=O)CC1=C(F)C[C@H]1[C@@H]3C[C@H]4CN(Cc5ccc(Cl)cc5)O[C@@]4(C(=O)SCCC#N)[C@@]3(C)C[C@H](O)[C@@]12F. The van der Waals surface area contributed by atoms with Crippen molar-refractivity contribution < 1.29 is 28.3 Å². The molecule has 0 radical (unpaired) electrons. The normalized spacial score (nSPS) is 41.4. The molecule has 1 heterocycles. The van der Waals surface area contributed by atoms with Gasteiger partial charge in [-0.25, -0.2) is 8.78 Å². The monoisotopic (exact) mass is 602 g/mol. The van der Waals surface area contributed by atoms with Crippen LogP contribution in [0.15, 0.2) is 47.8 Å². The van der Waals surface area contributed by atoms with Crippen LogP contribution in [0.2, 0.25) is 5.02 Å². The molecule has 1 aliphatic heterocycles. The lowest BCUT2D eigenvalue weighted by molar-refractivity contribution is -0.263. The van der Waals surface area contributed by atoms with Gasteiger partial charge in [-0.15, -0.1) is 0 Å². The second-order valence-electron chi connectivity index (χ2n) is 12.6. The molecule has 3 fully saturated rings. The molecule has 0 amide bonds. The number of nitriles is 1. The number of hydroxylamine groups is 2. The van der Waals surface area contributed by atoms with Gasteiger partial charge < -0.3 is 5.11 Å². The van der Waals surface area contributed by atoms with Crippen molar-refractivity contribution in [3.05, 3.63) is 58.4 Å². The van der Waals surface area contributed by atoms with Crippen LogP contribution < -0.4 is 0 Å². The number of carbonyl (C=O) groups excluding carboxylic acids is 2. The second-order valence-corrected chi connectivity index (χ2v) is 14.1. The number of ketones is 1. The highest BCUT2D eigenvalue weighted by molar-refractivity contribution is 8.13. The number of nitrogens with zero attached hydrogens (tertiary/aromatic N) is 2. The van der Waals surface area contributed by atoms with Crippen LogP contribution in [0, 0.1) is 39.9 Å². The van der Waals surface area contributed by atoms with Gasteiger partial charge in [0.1, 0.15) is 5.83 Å². The zero-order valence-corrected chi connectivity index (χ0v) is 24.6. The van der Waals surface area contributed by atoms with Gasteiger partial charge in [-0.1, -0.05) is 48.5 Å². The summed E-state index contributed by atoms with van der Waals surface area (Å²) in [5, 5.41) is 22.9. The number of aliphatic hydroxyl groups is 1. The molecule has 2 saturated carbocycles. The zero-order chi connectivity index (χ0) is 29.4. The molecule has 6 rings (SSSR count). The Morgan fingerprint density at radius 1 is 1.29 bits per heavy atom. The first-order valence-electron chi connectivity index (χ1n) is 14.1. The maximum atomic E-state index is 17.6. The first-order valence-corrected chi connectivity index (χ1v) is 15.5. The summed E-state index contributed by atoms with van der Waals surface area (Å²) >= 11 is 7.10. The fourth-order valence-electron chi connectivity index (χ4n) is 8.82. The molecule has 5 aliphatic rings. The molecule has 4 aliphatic carbocycles. The molecule has 218 valence electrons. The Hall–Kier alpha value is -2.09. The third kappa shape index (κ3) is 3.97. The van der Waals surface area contributed by atoms with Gasteiger partial charge in [0, 0.05) is 65.8 Å². The summed E-state index contributed by atoms with van der Waals surface area (Å²) in [7, 11) is 0. The number of alkyl halides is 1. The van der Waals surface area contributed by atoms with E-state index in [0.29, 0.717) is 30.3 Å². The van der Waals surface area contributed by atoms with E-state index in [4.69, 9.17) is 21.7 Å². The predicted molar refractivity (Wildman–Crippen MR) is 151 cm³/mol. The lowest BCUT2D eigenvalue weighted by Gasteiger charge is -2.62. The molecule has 1 aromatic rings. The van der Waals surface area contributed by atoms with Gasteiger partial charge in [0.25, 0.3) is 0 Å². The molecule has 1 saturated heterocycles. The van der Waals surface area contributed by atoms with E-state index in [1.54, 1.807) is 24.1 Å². The van der Waals surface area contributed by atoms with Gasteiger partial charge in [-0.2, -0.15) is 10.3 Å². The van der Waals surface area contributed by atoms with Crippen LogP contribution >= 0.6 is 23.4 Å². The summed E-state index contributed by atoms with van der Waals surface area (Å²) in [6.45, 7) is 4.29. The Labute approximate surface area is 247 Å². The molecule has 1 N–H and O–H groups in total. The van der Waals surface area contributed by atoms with Crippen molar-refractivity contribution in [2.75, 3.05) is 12.3 Å². The highest BCUT2D eigenvalue weighted by atomic mass is 35.5. The Morgan fingerprint density at radius 3 is 2.73 bits per heavy atom. The van der Waals surface area contributed by atoms with E-state index < -0.39 is 45.9 Å². The number of fused-ring (bicyclic) bond motifs is 7. The van der Waals surface area contributed by atoms with Gasteiger partial charge in [0.2, 0.25) is 5.12 Å². The van der Waals surface area contributed by atoms with Crippen LogP contribution in [-0.2, 0) is 21.0 Å². The molecule has 10 heteroatoms. The lowest BCUT2D eigenvalue weighted by atomic mass is 9.45. The highest BCUT2D eigenvalue weighted by Crippen LogP contribution is 2.73. The second kappa shape index (κ2) is 9.99. The van der Waals surface area contributed by atoms with E-state index in [-0.39, 0.29) is 48.1 Å². The van der Waals surface area contributed by atoms with Crippen molar-refractivity contribution in [2.24, 2.45) is 28.6 Å². The number of benzene rings is 1. The molecule has 41 heavy (non-hydrogen) atoms. The molecule has 0 spiro atoms. The number of allylic oxidation sites excluding steroid dienone is 4. The summed E-state index contributed by atoms with van der Waals surface area (Å²) in [6, 6.07) is 9.42. The summed E-state index contributed by atoms with van der Waals surface area (Å²) in [5.74, 6) is -2.16. The van der Waals surface area contributed by atoms with Gasteiger partial charge in [-0.3, -0.25) is 14.4 Å². The third-order valence-corrected chi connectivity index (χ3v) is 12.0. The molecule has 1 aromatic carbocycles. The maximum absolute atomic E-state index is 17.6. The van der Waals surface area contributed by atoms with Gasteiger partial charge in [-0.05, 0) is 55.0 Å². The van der Waals surface area contributed by atoms with Crippen molar-refractivity contribution in [3.63, 3.8) is 0 Å². The molecule has 8 atom stereocenters. The smallest absolute Gasteiger partial charge is 0.223 e. The number of halogens is 3. The Bertz CT molecular complexity index is 1400.